The van der Waals surface area contributed by atoms with Crippen LogP contribution >= 0.6 is 0 Å². The molecule has 0 unspecified atom stereocenters. The van der Waals surface area contributed by atoms with E-state index in [-0.39, 0.29) is 11.8 Å². The number of benzene rings is 2. The zero-order valence-corrected chi connectivity index (χ0v) is 15.5. The number of nitrogens with zero attached hydrogens (tertiary/aromatic N) is 2. The summed E-state index contributed by atoms with van der Waals surface area (Å²) in [5.74, 6) is 0.0381. The van der Waals surface area contributed by atoms with Gasteiger partial charge in [0.25, 0.3) is 5.91 Å². The van der Waals surface area contributed by atoms with Gasteiger partial charge >= 0.3 is 0 Å². The fraction of sp³-hybridized carbons (Fsp3) is 0.364. The highest BCUT2D eigenvalue weighted by atomic mass is 16.2. The molecule has 2 aliphatic heterocycles. The van der Waals surface area contributed by atoms with Crippen molar-refractivity contribution in [2.75, 3.05) is 34.8 Å². The number of rotatable bonds is 4. The molecule has 5 nitrogen and oxygen atoms in total. The van der Waals surface area contributed by atoms with Crippen LogP contribution < -0.4 is 15.1 Å². The lowest BCUT2D eigenvalue weighted by atomic mass is 10.1. The summed E-state index contributed by atoms with van der Waals surface area (Å²) < 4.78 is 0. The van der Waals surface area contributed by atoms with Crippen molar-refractivity contribution in [2.24, 2.45) is 0 Å². The van der Waals surface area contributed by atoms with Crippen LogP contribution in [0.25, 0.3) is 0 Å². The van der Waals surface area contributed by atoms with Crippen LogP contribution in [0.15, 0.2) is 48.5 Å². The van der Waals surface area contributed by atoms with E-state index in [2.05, 4.69) is 16.3 Å². The summed E-state index contributed by atoms with van der Waals surface area (Å²) in [6.45, 7) is 2.82. The van der Waals surface area contributed by atoms with E-state index >= 15 is 0 Å². The van der Waals surface area contributed by atoms with Gasteiger partial charge in [-0.25, -0.2) is 0 Å². The molecule has 2 aromatic carbocycles. The van der Waals surface area contributed by atoms with E-state index in [9.17, 15) is 9.59 Å². The van der Waals surface area contributed by atoms with Crippen LogP contribution in [-0.2, 0) is 4.79 Å². The third kappa shape index (κ3) is 3.82. The minimum atomic E-state index is -0.127. The Morgan fingerprint density at radius 1 is 0.852 bits per heavy atom. The summed E-state index contributed by atoms with van der Waals surface area (Å²) in [4.78, 5) is 28.9. The quantitative estimate of drug-likeness (QED) is 0.891. The lowest BCUT2D eigenvalue weighted by molar-refractivity contribution is -0.119. The Labute approximate surface area is 160 Å². The Morgan fingerprint density at radius 3 is 2.30 bits per heavy atom. The highest BCUT2D eigenvalue weighted by molar-refractivity contribution is 6.06. The minimum absolute atomic E-state index is 0.127. The maximum Gasteiger partial charge on any atom is 0.255 e. The molecular formula is C22H25N3O2. The number of hydrogen-bond acceptors (Lipinski definition) is 3. The summed E-state index contributed by atoms with van der Waals surface area (Å²) in [6, 6.07) is 15.3. The second kappa shape index (κ2) is 7.82. The minimum Gasteiger partial charge on any atom is -0.370 e. The van der Waals surface area contributed by atoms with Gasteiger partial charge in [-0.15, -0.1) is 0 Å². The van der Waals surface area contributed by atoms with Crippen molar-refractivity contribution >= 4 is 28.9 Å². The van der Waals surface area contributed by atoms with Gasteiger partial charge in [0.2, 0.25) is 5.91 Å². The third-order valence-corrected chi connectivity index (χ3v) is 5.36. The van der Waals surface area contributed by atoms with E-state index in [1.165, 1.54) is 12.8 Å². The number of carbonyl (C=O) groups excluding carboxylic acids is 2. The lowest BCUT2D eigenvalue weighted by Gasteiger charge is -2.26. The predicted molar refractivity (Wildman–Crippen MR) is 108 cm³/mol. The van der Waals surface area contributed by atoms with Crippen molar-refractivity contribution in [3.05, 3.63) is 54.1 Å². The van der Waals surface area contributed by atoms with Gasteiger partial charge in [0.1, 0.15) is 0 Å². The Balaban J connectivity index is 1.48. The number of amides is 2. The molecule has 0 spiro atoms. The number of carbonyl (C=O) groups is 2. The van der Waals surface area contributed by atoms with Gasteiger partial charge in [-0.1, -0.05) is 12.1 Å². The van der Waals surface area contributed by atoms with Gasteiger partial charge in [-0.3, -0.25) is 9.59 Å². The fourth-order valence-corrected chi connectivity index (χ4v) is 3.88. The average Bonchev–Trinajstić information content (AvgIpc) is 3.23. The van der Waals surface area contributed by atoms with Crippen molar-refractivity contribution in [1.82, 2.24) is 0 Å². The number of nitrogens with one attached hydrogen (secondary N) is 1. The molecular weight excluding hydrogens is 338 g/mol. The molecule has 0 aromatic heterocycles. The van der Waals surface area contributed by atoms with Crippen molar-refractivity contribution in [2.45, 2.75) is 32.1 Å². The maximum atomic E-state index is 12.7. The van der Waals surface area contributed by atoms with Gasteiger partial charge in [0, 0.05) is 37.3 Å². The first kappa shape index (κ1) is 17.6. The Morgan fingerprint density at radius 2 is 1.56 bits per heavy atom. The van der Waals surface area contributed by atoms with Crippen LogP contribution in [0.1, 0.15) is 42.5 Å². The molecule has 2 aliphatic rings. The van der Waals surface area contributed by atoms with E-state index in [1.807, 2.05) is 35.2 Å². The van der Waals surface area contributed by atoms with Crippen LogP contribution in [0.4, 0.5) is 17.1 Å². The standard InChI is InChI=1S/C22H25N3O2/c26-21-9-3-4-16-25(21)18-12-10-17(11-13-18)22(27)23-19-7-1-2-8-20(19)24-14-5-6-15-24/h1-2,7-8,10-13H,3-6,9,14-16H2,(H,23,27). The Kier molecular flexibility index (Phi) is 5.10. The number of para-hydroxylation sites is 2. The molecule has 2 fully saturated rings. The summed E-state index contributed by atoms with van der Waals surface area (Å²) in [5.41, 5.74) is 3.40. The summed E-state index contributed by atoms with van der Waals surface area (Å²) in [6.07, 6.45) is 4.99. The predicted octanol–water partition coefficient (Wildman–Crippen LogP) is 4.06. The van der Waals surface area contributed by atoms with Crippen LogP contribution in [0, 0.1) is 0 Å². The smallest absolute Gasteiger partial charge is 0.255 e. The molecule has 4 rings (SSSR count). The van der Waals surface area contributed by atoms with E-state index in [1.54, 1.807) is 12.1 Å². The molecule has 1 N–H and O–H groups in total. The molecule has 2 saturated heterocycles. The molecule has 27 heavy (non-hydrogen) atoms. The lowest BCUT2D eigenvalue weighted by Crippen LogP contribution is -2.35. The summed E-state index contributed by atoms with van der Waals surface area (Å²) in [7, 11) is 0. The fourth-order valence-electron chi connectivity index (χ4n) is 3.88. The average molecular weight is 363 g/mol. The van der Waals surface area contributed by atoms with Crippen molar-refractivity contribution in [1.29, 1.82) is 0 Å². The first-order valence-electron chi connectivity index (χ1n) is 9.78. The van der Waals surface area contributed by atoms with Crippen LogP contribution in [-0.4, -0.2) is 31.4 Å². The molecule has 2 aromatic rings. The molecule has 0 radical (unpaired) electrons. The molecule has 0 saturated carbocycles. The molecule has 2 heterocycles. The Hall–Kier alpha value is -2.82. The van der Waals surface area contributed by atoms with Crippen molar-refractivity contribution in [3.8, 4) is 0 Å². The summed E-state index contributed by atoms with van der Waals surface area (Å²) >= 11 is 0. The molecule has 0 aliphatic carbocycles. The number of anilines is 3. The van der Waals surface area contributed by atoms with E-state index < -0.39 is 0 Å². The van der Waals surface area contributed by atoms with Gasteiger partial charge in [0.15, 0.2) is 0 Å². The highest BCUT2D eigenvalue weighted by Crippen LogP contribution is 2.29. The number of piperidine rings is 1. The molecule has 140 valence electrons. The molecule has 5 heteroatoms. The van der Waals surface area contributed by atoms with Crippen molar-refractivity contribution in [3.63, 3.8) is 0 Å². The summed E-state index contributed by atoms with van der Waals surface area (Å²) in [5, 5.41) is 3.05. The first-order chi connectivity index (χ1) is 13.2. The maximum absolute atomic E-state index is 12.7. The third-order valence-electron chi connectivity index (χ3n) is 5.36. The Bertz CT molecular complexity index is 826. The van der Waals surface area contributed by atoms with Gasteiger partial charge in [0.05, 0.1) is 11.4 Å². The van der Waals surface area contributed by atoms with E-state index in [0.29, 0.717) is 12.0 Å². The topological polar surface area (TPSA) is 52.7 Å². The first-order valence-corrected chi connectivity index (χ1v) is 9.78. The van der Waals surface area contributed by atoms with Crippen LogP contribution in [0.2, 0.25) is 0 Å². The largest absolute Gasteiger partial charge is 0.370 e. The van der Waals surface area contributed by atoms with Gasteiger partial charge in [-0.2, -0.15) is 0 Å². The molecule has 2 amide bonds. The monoisotopic (exact) mass is 363 g/mol. The second-order valence-electron chi connectivity index (χ2n) is 7.21. The van der Waals surface area contributed by atoms with Crippen LogP contribution in [0.5, 0.6) is 0 Å². The van der Waals surface area contributed by atoms with Crippen molar-refractivity contribution < 1.29 is 9.59 Å². The number of hydrogen-bond donors (Lipinski definition) is 1. The normalized spacial score (nSPS) is 17.3. The SMILES string of the molecule is O=C(Nc1ccccc1N1CCCC1)c1ccc(N2CCCCC2=O)cc1. The van der Waals surface area contributed by atoms with Gasteiger partial charge in [-0.05, 0) is 62.1 Å². The van der Waals surface area contributed by atoms with Gasteiger partial charge < -0.3 is 15.1 Å². The van der Waals surface area contributed by atoms with E-state index in [0.717, 1.165) is 49.5 Å². The molecule has 0 atom stereocenters. The highest BCUT2D eigenvalue weighted by Gasteiger charge is 2.20. The van der Waals surface area contributed by atoms with E-state index in [4.69, 9.17) is 0 Å². The van der Waals surface area contributed by atoms with Crippen LogP contribution in [0.3, 0.4) is 0 Å². The zero-order chi connectivity index (χ0) is 18.6. The second-order valence-corrected chi connectivity index (χ2v) is 7.21. The zero-order valence-electron chi connectivity index (χ0n) is 15.5. The molecule has 0 bridgehead atoms.